The van der Waals surface area contributed by atoms with Gasteiger partial charge in [-0.15, -0.1) is 0 Å². The molecule has 2 rings (SSSR count). The predicted octanol–water partition coefficient (Wildman–Crippen LogP) is 4.17. The van der Waals surface area contributed by atoms with Crippen molar-refractivity contribution in [1.29, 1.82) is 0 Å². The average Bonchev–Trinajstić information content (AvgIpc) is 2.49. The summed E-state index contributed by atoms with van der Waals surface area (Å²) in [6.07, 6.45) is 8.64. The van der Waals surface area contributed by atoms with E-state index in [1.165, 1.54) is 37.7 Å². The summed E-state index contributed by atoms with van der Waals surface area (Å²) in [5.41, 5.74) is 1.22. The van der Waals surface area contributed by atoms with Crippen LogP contribution in [0.5, 0.6) is 5.88 Å². The molecule has 1 heterocycles. The van der Waals surface area contributed by atoms with Crippen molar-refractivity contribution in [3.8, 4) is 5.88 Å². The number of nitrogens with zero attached hydrogens (tertiary/aromatic N) is 1. The first-order valence-corrected chi connectivity index (χ1v) is 8.51. The lowest BCUT2D eigenvalue weighted by atomic mass is 9.85. The van der Waals surface area contributed by atoms with Crippen LogP contribution >= 0.6 is 0 Å². The SMILES string of the molecule is CCC1CCCCC1Oc1ccc(CNCC(C)C)cn1. The Kier molecular flexibility index (Phi) is 6.50. The molecule has 118 valence electrons. The summed E-state index contributed by atoms with van der Waals surface area (Å²) < 4.78 is 6.12. The van der Waals surface area contributed by atoms with Crippen LogP contribution in [0.15, 0.2) is 18.3 Å². The molecule has 0 aromatic carbocycles. The van der Waals surface area contributed by atoms with Crippen molar-refractivity contribution < 1.29 is 4.74 Å². The lowest BCUT2D eigenvalue weighted by Crippen LogP contribution is -2.30. The fourth-order valence-corrected chi connectivity index (χ4v) is 3.04. The molecule has 0 amide bonds. The van der Waals surface area contributed by atoms with Gasteiger partial charge in [-0.2, -0.15) is 0 Å². The van der Waals surface area contributed by atoms with E-state index in [0.29, 0.717) is 17.9 Å². The van der Waals surface area contributed by atoms with Crippen LogP contribution in [-0.4, -0.2) is 17.6 Å². The molecule has 1 N–H and O–H groups in total. The number of aromatic nitrogens is 1. The first-order valence-electron chi connectivity index (χ1n) is 8.51. The van der Waals surface area contributed by atoms with Gasteiger partial charge in [0.1, 0.15) is 6.10 Å². The zero-order valence-electron chi connectivity index (χ0n) is 13.8. The zero-order valence-corrected chi connectivity index (χ0v) is 13.8. The highest BCUT2D eigenvalue weighted by Gasteiger charge is 2.25. The van der Waals surface area contributed by atoms with Gasteiger partial charge in [0.25, 0.3) is 0 Å². The molecule has 0 radical (unpaired) electrons. The fraction of sp³-hybridized carbons (Fsp3) is 0.722. The Balaban J connectivity index is 1.83. The minimum atomic E-state index is 0.362. The van der Waals surface area contributed by atoms with Crippen LogP contribution in [0, 0.1) is 11.8 Å². The Morgan fingerprint density at radius 1 is 1.29 bits per heavy atom. The summed E-state index contributed by atoms with van der Waals surface area (Å²) >= 11 is 0. The van der Waals surface area contributed by atoms with Crippen LogP contribution < -0.4 is 10.1 Å². The lowest BCUT2D eigenvalue weighted by molar-refractivity contribution is 0.0858. The van der Waals surface area contributed by atoms with Crippen LogP contribution in [0.25, 0.3) is 0 Å². The van der Waals surface area contributed by atoms with E-state index >= 15 is 0 Å². The molecule has 0 saturated heterocycles. The highest BCUT2D eigenvalue weighted by Crippen LogP contribution is 2.29. The maximum absolute atomic E-state index is 6.12. The summed E-state index contributed by atoms with van der Waals surface area (Å²) in [6.45, 7) is 8.63. The van der Waals surface area contributed by atoms with Gasteiger partial charge in [-0.3, -0.25) is 0 Å². The molecule has 0 bridgehead atoms. The molecule has 1 fully saturated rings. The molecule has 1 aliphatic rings. The maximum Gasteiger partial charge on any atom is 0.213 e. The topological polar surface area (TPSA) is 34.1 Å². The third kappa shape index (κ3) is 5.31. The molecular weight excluding hydrogens is 260 g/mol. The van der Waals surface area contributed by atoms with Crippen LogP contribution in [0.1, 0.15) is 58.4 Å². The van der Waals surface area contributed by atoms with Crippen LogP contribution in [-0.2, 0) is 6.54 Å². The Hall–Kier alpha value is -1.09. The van der Waals surface area contributed by atoms with Crippen molar-refractivity contribution in [2.24, 2.45) is 11.8 Å². The third-order valence-electron chi connectivity index (χ3n) is 4.32. The number of nitrogens with one attached hydrogen (secondary N) is 1. The molecule has 2 atom stereocenters. The smallest absolute Gasteiger partial charge is 0.213 e. The summed E-state index contributed by atoms with van der Waals surface area (Å²) in [5, 5.41) is 3.44. The van der Waals surface area contributed by atoms with Crippen LogP contribution in [0.2, 0.25) is 0 Å². The monoisotopic (exact) mass is 290 g/mol. The summed E-state index contributed by atoms with van der Waals surface area (Å²) in [6, 6.07) is 4.15. The van der Waals surface area contributed by atoms with Crippen molar-refractivity contribution in [2.45, 2.75) is 65.5 Å². The second-order valence-corrected chi connectivity index (χ2v) is 6.64. The van der Waals surface area contributed by atoms with E-state index in [9.17, 15) is 0 Å². The van der Waals surface area contributed by atoms with Crippen molar-refractivity contribution in [1.82, 2.24) is 10.3 Å². The van der Waals surface area contributed by atoms with E-state index in [1.807, 2.05) is 12.3 Å². The number of hydrogen-bond acceptors (Lipinski definition) is 3. The molecule has 1 aliphatic carbocycles. The summed E-state index contributed by atoms with van der Waals surface area (Å²) in [7, 11) is 0. The largest absolute Gasteiger partial charge is 0.474 e. The normalized spacial score (nSPS) is 22.5. The van der Waals surface area contributed by atoms with Crippen molar-refractivity contribution in [3.05, 3.63) is 23.9 Å². The molecule has 3 heteroatoms. The van der Waals surface area contributed by atoms with E-state index in [2.05, 4.69) is 37.1 Å². The standard InChI is InChI=1S/C18H30N2O/c1-4-16-7-5-6-8-17(16)21-18-10-9-15(13-20-18)12-19-11-14(2)3/h9-10,13-14,16-17,19H,4-8,11-12H2,1-3H3. The molecule has 0 aliphatic heterocycles. The van der Waals surface area contributed by atoms with Gasteiger partial charge in [-0.05, 0) is 49.6 Å². The van der Waals surface area contributed by atoms with Crippen molar-refractivity contribution >= 4 is 0 Å². The second kappa shape index (κ2) is 8.38. The molecule has 2 unspecified atom stereocenters. The lowest BCUT2D eigenvalue weighted by Gasteiger charge is -2.30. The molecular formula is C18H30N2O. The zero-order chi connectivity index (χ0) is 15.1. The Labute approximate surface area is 129 Å². The first-order chi connectivity index (χ1) is 10.2. The molecule has 1 aromatic rings. The molecule has 0 spiro atoms. The summed E-state index contributed by atoms with van der Waals surface area (Å²) in [4.78, 5) is 4.48. The summed E-state index contributed by atoms with van der Waals surface area (Å²) in [5.74, 6) is 2.17. The van der Waals surface area contributed by atoms with E-state index in [1.54, 1.807) is 0 Å². The van der Waals surface area contributed by atoms with Gasteiger partial charge in [0.2, 0.25) is 5.88 Å². The quantitative estimate of drug-likeness (QED) is 0.818. The van der Waals surface area contributed by atoms with E-state index < -0.39 is 0 Å². The van der Waals surface area contributed by atoms with Crippen molar-refractivity contribution in [3.63, 3.8) is 0 Å². The van der Waals surface area contributed by atoms with Gasteiger partial charge in [0.15, 0.2) is 0 Å². The Morgan fingerprint density at radius 3 is 2.76 bits per heavy atom. The fourth-order valence-electron chi connectivity index (χ4n) is 3.04. The molecule has 21 heavy (non-hydrogen) atoms. The van der Waals surface area contributed by atoms with Gasteiger partial charge in [-0.1, -0.05) is 33.3 Å². The Bertz CT molecular complexity index is 402. The first kappa shape index (κ1) is 16.3. The van der Waals surface area contributed by atoms with E-state index in [-0.39, 0.29) is 0 Å². The highest BCUT2D eigenvalue weighted by atomic mass is 16.5. The van der Waals surface area contributed by atoms with Gasteiger partial charge < -0.3 is 10.1 Å². The molecule has 3 nitrogen and oxygen atoms in total. The van der Waals surface area contributed by atoms with E-state index in [4.69, 9.17) is 4.74 Å². The number of pyridine rings is 1. The average molecular weight is 290 g/mol. The Morgan fingerprint density at radius 2 is 2.10 bits per heavy atom. The number of rotatable bonds is 7. The second-order valence-electron chi connectivity index (χ2n) is 6.64. The van der Waals surface area contributed by atoms with Gasteiger partial charge in [0, 0.05) is 18.8 Å². The highest BCUT2D eigenvalue weighted by molar-refractivity contribution is 5.18. The minimum Gasteiger partial charge on any atom is -0.474 e. The number of ether oxygens (including phenoxy) is 1. The van der Waals surface area contributed by atoms with Crippen LogP contribution in [0.3, 0.4) is 0 Å². The van der Waals surface area contributed by atoms with Gasteiger partial charge >= 0.3 is 0 Å². The molecule has 1 saturated carbocycles. The van der Waals surface area contributed by atoms with Gasteiger partial charge in [0.05, 0.1) is 0 Å². The maximum atomic E-state index is 6.12. The van der Waals surface area contributed by atoms with Gasteiger partial charge in [-0.25, -0.2) is 4.98 Å². The van der Waals surface area contributed by atoms with E-state index in [0.717, 1.165) is 19.0 Å². The van der Waals surface area contributed by atoms with Crippen molar-refractivity contribution in [2.75, 3.05) is 6.54 Å². The van der Waals surface area contributed by atoms with Crippen LogP contribution in [0.4, 0.5) is 0 Å². The molecule has 1 aromatic heterocycles. The predicted molar refractivity (Wildman–Crippen MR) is 87.4 cm³/mol. The third-order valence-corrected chi connectivity index (χ3v) is 4.32. The minimum absolute atomic E-state index is 0.362. The number of hydrogen-bond donors (Lipinski definition) is 1.